The molecule has 0 fully saturated rings. The molecule has 0 aliphatic heterocycles. The molecule has 0 aromatic rings. The lowest BCUT2D eigenvalue weighted by atomic mass is 10.0. The highest BCUT2D eigenvalue weighted by Gasteiger charge is 2.19. The van der Waals surface area contributed by atoms with Crippen molar-refractivity contribution in [2.24, 2.45) is 5.92 Å². The second kappa shape index (κ2) is 26.5. The lowest BCUT2D eigenvalue weighted by Gasteiger charge is -2.22. The molecular weight excluding hydrogens is 434 g/mol. The minimum Gasteiger partial charge on any atom is -0.394 e. The van der Waals surface area contributed by atoms with Crippen LogP contribution in [0.2, 0.25) is 0 Å². The van der Waals surface area contributed by atoms with Gasteiger partial charge in [-0.05, 0) is 18.8 Å². The minimum atomic E-state index is -0.651. The third-order valence-electron chi connectivity index (χ3n) is 7.30. The Morgan fingerprint density at radius 2 is 1.03 bits per heavy atom. The molecular formula is C31H63NO3. The summed E-state index contributed by atoms with van der Waals surface area (Å²) < 4.78 is 0. The van der Waals surface area contributed by atoms with E-state index < -0.39 is 12.1 Å². The quantitative estimate of drug-likeness (QED) is 0.0996. The number of aliphatic hydroxyl groups excluding tert-OH is 2. The molecule has 0 spiro atoms. The number of aliphatic hydroxyl groups is 2. The Balaban J connectivity index is 3.60. The predicted molar refractivity (Wildman–Crippen MR) is 152 cm³/mol. The summed E-state index contributed by atoms with van der Waals surface area (Å²) in [6, 6.07) is -0.527. The number of unbranched alkanes of at least 4 members (excludes halogenated alkanes) is 18. The average Bonchev–Trinajstić information content (AvgIpc) is 2.84. The standard InChI is InChI=1S/C31H63NO3/c1-4-5-6-7-8-9-10-14-17-20-23-26-31(35)32-29(27-33)30(34)25-22-19-16-13-11-12-15-18-21-24-28(2)3/h28-30,33-34H,4-27H2,1-3H3,(H,32,35)/t29-,30+/m0/s1. The van der Waals surface area contributed by atoms with Gasteiger partial charge in [0.25, 0.3) is 0 Å². The van der Waals surface area contributed by atoms with Crippen LogP contribution in [0.5, 0.6) is 0 Å². The average molecular weight is 498 g/mol. The highest BCUT2D eigenvalue weighted by molar-refractivity contribution is 5.76. The van der Waals surface area contributed by atoms with Crippen molar-refractivity contribution in [3.05, 3.63) is 0 Å². The zero-order valence-corrected chi connectivity index (χ0v) is 24.0. The van der Waals surface area contributed by atoms with Crippen LogP contribution in [0, 0.1) is 5.92 Å². The van der Waals surface area contributed by atoms with Crippen molar-refractivity contribution in [1.29, 1.82) is 0 Å². The van der Waals surface area contributed by atoms with Crippen LogP contribution in [0.3, 0.4) is 0 Å². The summed E-state index contributed by atoms with van der Waals surface area (Å²) in [5.41, 5.74) is 0. The van der Waals surface area contributed by atoms with Gasteiger partial charge in [0.15, 0.2) is 0 Å². The first-order valence-corrected chi connectivity index (χ1v) is 15.6. The molecule has 0 saturated heterocycles. The van der Waals surface area contributed by atoms with Crippen LogP contribution >= 0.6 is 0 Å². The van der Waals surface area contributed by atoms with Crippen molar-refractivity contribution < 1.29 is 15.0 Å². The lowest BCUT2D eigenvalue weighted by Crippen LogP contribution is -2.45. The molecule has 2 atom stereocenters. The number of amides is 1. The zero-order valence-electron chi connectivity index (χ0n) is 24.0. The molecule has 0 bridgehead atoms. The van der Waals surface area contributed by atoms with Gasteiger partial charge < -0.3 is 15.5 Å². The van der Waals surface area contributed by atoms with Gasteiger partial charge in [0.2, 0.25) is 5.91 Å². The Hall–Kier alpha value is -0.610. The van der Waals surface area contributed by atoms with Crippen LogP contribution in [-0.4, -0.2) is 34.9 Å². The van der Waals surface area contributed by atoms with Gasteiger partial charge in [-0.3, -0.25) is 4.79 Å². The van der Waals surface area contributed by atoms with Crippen molar-refractivity contribution in [2.45, 2.75) is 181 Å². The highest BCUT2D eigenvalue weighted by Crippen LogP contribution is 2.15. The molecule has 4 heteroatoms. The summed E-state index contributed by atoms with van der Waals surface area (Å²) in [6.07, 6.45) is 27.1. The van der Waals surface area contributed by atoms with E-state index >= 15 is 0 Å². The van der Waals surface area contributed by atoms with Crippen molar-refractivity contribution in [3.63, 3.8) is 0 Å². The normalized spacial score (nSPS) is 13.3. The molecule has 1 amide bonds. The van der Waals surface area contributed by atoms with Gasteiger partial charge in [0.1, 0.15) is 0 Å². The third-order valence-corrected chi connectivity index (χ3v) is 7.30. The van der Waals surface area contributed by atoms with Crippen LogP contribution in [-0.2, 0) is 4.79 Å². The van der Waals surface area contributed by atoms with Crippen LogP contribution in [0.1, 0.15) is 168 Å². The van der Waals surface area contributed by atoms with E-state index in [1.54, 1.807) is 0 Å². The highest BCUT2D eigenvalue weighted by atomic mass is 16.3. The summed E-state index contributed by atoms with van der Waals surface area (Å²) in [4.78, 5) is 12.2. The smallest absolute Gasteiger partial charge is 0.220 e. The van der Waals surface area contributed by atoms with E-state index in [2.05, 4.69) is 26.1 Å². The number of hydrogen-bond donors (Lipinski definition) is 3. The van der Waals surface area contributed by atoms with Crippen LogP contribution in [0.15, 0.2) is 0 Å². The molecule has 4 nitrogen and oxygen atoms in total. The van der Waals surface area contributed by atoms with Crippen molar-refractivity contribution >= 4 is 5.91 Å². The number of hydrogen-bond acceptors (Lipinski definition) is 3. The van der Waals surface area contributed by atoms with Crippen molar-refractivity contribution in [1.82, 2.24) is 5.32 Å². The Labute approximate surface area is 219 Å². The number of carbonyl (C=O) groups is 1. The van der Waals surface area contributed by atoms with E-state index in [-0.39, 0.29) is 12.5 Å². The van der Waals surface area contributed by atoms with E-state index in [1.807, 2.05) is 0 Å². The summed E-state index contributed by atoms with van der Waals surface area (Å²) in [5, 5.41) is 22.9. The molecule has 3 N–H and O–H groups in total. The maximum Gasteiger partial charge on any atom is 0.220 e. The number of carbonyl (C=O) groups excluding carboxylic acids is 1. The first-order valence-electron chi connectivity index (χ1n) is 15.6. The van der Waals surface area contributed by atoms with Crippen LogP contribution in [0.25, 0.3) is 0 Å². The summed E-state index contributed by atoms with van der Waals surface area (Å²) in [5.74, 6) is 0.797. The molecule has 0 unspecified atom stereocenters. The second-order valence-electron chi connectivity index (χ2n) is 11.4. The van der Waals surface area contributed by atoms with E-state index in [9.17, 15) is 15.0 Å². The number of rotatable bonds is 27. The van der Waals surface area contributed by atoms with Gasteiger partial charge in [-0.15, -0.1) is 0 Å². The Bertz CT molecular complexity index is 441. The molecule has 0 rings (SSSR count). The molecule has 0 radical (unpaired) electrons. The molecule has 35 heavy (non-hydrogen) atoms. The number of nitrogens with one attached hydrogen (secondary N) is 1. The van der Waals surface area contributed by atoms with Gasteiger partial charge in [0, 0.05) is 6.42 Å². The molecule has 210 valence electrons. The predicted octanol–water partition coefficient (Wildman–Crippen LogP) is 8.47. The van der Waals surface area contributed by atoms with Crippen molar-refractivity contribution in [3.8, 4) is 0 Å². The largest absolute Gasteiger partial charge is 0.394 e. The maximum absolute atomic E-state index is 12.2. The monoisotopic (exact) mass is 497 g/mol. The molecule has 0 aliphatic rings. The van der Waals surface area contributed by atoms with Crippen LogP contribution in [0.4, 0.5) is 0 Å². The van der Waals surface area contributed by atoms with Crippen molar-refractivity contribution in [2.75, 3.05) is 6.61 Å². The first-order chi connectivity index (χ1) is 17.0. The fourth-order valence-electron chi connectivity index (χ4n) is 4.84. The van der Waals surface area contributed by atoms with Gasteiger partial charge in [-0.25, -0.2) is 0 Å². The summed E-state index contributed by atoms with van der Waals surface area (Å²) in [6.45, 7) is 6.66. The zero-order chi connectivity index (χ0) is 26.0. The molecule has 0 aromatic carbocycles. The fraction of sp³-hybridized carbons (Fsp3) is 0.968. The SMILES string of the molecule is CCCCCCCCCCCCCC(=O)N[C@@H](CO)[C@H](O)CCCCCCCCCCCC(C)C. The second-order valence-corrected chi connectivity index (χ2v) is 11.4. The molecule has 0 saturated carbocycles. The molecule has 0 aromatic heterocycles. The molecule has 0 aliphatic carbocycles. The van der Waals surface area contributed by atoms with E-state index in [1.165, 1.54) is 109 Å². The topological polar surface area (TPSA) is 69.6 Å². The summed E-state index contributed by atoms with van der Waals surface area (Å²) in [7, 11) is 0. The third kappa shape index (κ3) is 24.8. The van der Waals surface area contributed by atoms with Crippen LogP contribution < -0.4 is 5.32 Å². The fourth-order valence-corrected chi connectivity index (χ4v) is 4.84. The Morgan fingerprint density at radius 3 is 1.46 bits per heavy atom. The van der Waals surface area contributed by atoms with Gasteiger partial charge >= 0.3 is 0 Å². The van der Waals surface area contributed by atoms with Gasteiger partial charge in [0.05, 0.1) is 18.8 Å². The van der Waals surface area contributed by atoms with Gasteiger partial charge in [-0.1, -0.05) is 149 Å². The molecule has 0 heterocycles. The summed E-state index contributed by atoms with van der Waals surface area (Å²) >= 11 is 0. The van der Waals surface area contributed by atoms with E-state index in [0.29, 0.717) is 12.8 Å². The van der Waals surface area contributed by atoms with E-state index in [0.717, 1.165) is 31.6 Å². The lowest BCUT2D eigenvalue weighted by molar-refractivity contribution is -0.123. The van der Waals surface area contributed by atoms with Gasteiger partial charge in [-0.2, -0.15) is 0 Å². The van der Waals surface area contributed by atoms with E-state index in [4.69, 9.17) is 0 Å². The Kier molecular flexibility index (Phi) is 26.0. The minimum absolute atomic E-state index is 0.0348. The maximum atomic E-state index is 12.2. The Morgan fingerprint density at radius 1 is 0.629 bits per heavy atom. The first kappa shape index (κ1) is 34.4.